The van der Waals surface area contributed by atoms with E-state index in [-0.39, 0.29) is 17.2 Å². The summed E-state index contributed by atoms with van der Waals surface area (Å²) in [6.45, 7) is 6.24. The molecule has 1 aliphatic carbocycles. The van der Waals surface area contributed by atoms with Gasteiger partial charge >= 0.3 is 0 Å². The second-order valence-electron chi connectivity index (χ2n) is 6.34. The van der Waals surface area contributed by atoms with Crippen LogP contribution in [0.1, 0.15) is 46.1 Å². The number of amides is 1. The van der Waals surface area contributed by atoms with Crippen molar-refractivity contribution in [2.45, 2.75) is 62.5 Å². The fraction of sp³-hybridized carbons (Fsp3) is 0.500. The highest BCUT2D eigenvalue weighted by atomic mass is 32.2. The molecule has 0 bridgehead atoms. The molecule has 128 valence electrons. The van der Waals surface area contributed by atoms with Gasteiger partial charge in [0.05, 0.1) is 5.25 Å². The monoisotopic (exact) mass is 344 g/mol. The number of nitrogens with zero attached hydrogens (tertiary/aromatic N) is 3. The Labute approximate surface area is 147 Å². The van der Waals surface area contributed by atoms with E-state index in [0.29, 0.717) is 6.04 Å². The minimum absolute atomic E-state index is 0.0856. The SMILES string of the molecule is CC[C@@H](C)n1c(S[C@H](C)C(=O)NC2CC2)nnc1-c1ccccc1. The molecule has 0 spiro atoms. The zero-order valence-corrected chi connectivity index (χ0v) is 15.2. The number of rotatable bonds is 7. The average molecular weight is 344 g/mol. The van der Waals surface area contributed by atoms with Crippen molar-refractivity contribution in [1.29, 1.82) is 0 Å². The van der Waals surface area contributed by atoms with Crippen molar-refractivity contribution in [2.24, 2.45) is 0 Å². The highest BCUT2D eigenvalue weighted by molar-refractivity contribution is 8.00. The lowest BCUT2D eigenvalue weighted by Gasteiger charge is -2.18. The second kappa shape index (κ2) is 7.38. The van der Waals surface area contributed by atoms with E-state index in [4.69, 9.17) is 0 Å². The van der Waals surface area contributed by atoms with E-state index in [2.05, 4.69) is 33.9 Å². The largest absolute Gasteiger partial charge is 0.352 e. The first-order valence-corrected chi connectivity index (χ1v) is 9.45. The van der Waals surface area contributed by atoms with Gasteiger partial charge in [0.15, 0.2) is 11.0 Å². The molecule has 1 aliphatic rings. The van der Waals surface area contributed by atoms with Crippen LogP contribution >= 0.6 is 11.8 Å². The lowest BCUT2D eigenvalue weighted by Crippen LogP contribution is -2.32. The Morgan fingerprint density at radius 3 is 2.62 bits per heavy atom. The van der Waals surface area contributed by atoms with Crippen LogP contribution in [-0.2, 0) is 4.79 Å². The molecule has 6 heteroatoms. The quantitative estimate of drug-likeness (QED) is 0.779. The predicted octanol–water partition coefficient (Wildman–Crippen LogP) is 3.68. The smallest absolute Gasteiger partial charge is 0.233 e. The predicted molar refractivity (Wildman–Crippen MR) is 96.9 cm³/mol. The molecule has 1 fully saturated rings. The summed E-state index contributed by atoms with van der Waals surface area (Å²) in [6.07, 6.45) is 3.18. The first kappa shape index (κ1) is 17.0. The Morgan fingerprint density at radius 2 is 2.00 bits per heavy atom. The number of carbonyl (C=O) groups excluding carboxylic acids is 1. The summed E-state index contributed by atoms with van der Waals surface area (Å²) in [5.41, 5.74) is 1.05. The Hall–Kier alpha value is -1.82. The summed E-state index contributed by atoms with van der Waals surface area (Å²) in [7, 11) is 0. The van der Waals surface area contributed by atoms with Gasteiger partial charge < -0.3 is 5.32 Å². The van der Waals surface area contributed by atoms with Crippen LogP contribution in [0.3, 0.4) is 0 Å². The molecule has 0 radical (unpaired) electrons. The number of nitrogens with one attached hydrogen (secondary N) is 1. The van der Waals surface area contributed by atoms with Crippen molar-refractivity contribution in [1.82, 2.24) is 20.1 Å². The third-order valence-corrected chi connectivity index (χ3v) is 5.36. The molecule has 1 heterocycles. The molecular formula is C18H24N4OS. The Bertz CT molecular complexity index is 696. The van der Waals surface area contributed by atoms with E-state index in [0.717, 1.165) is 35.8 Å². The van der Waals surface area contributed by atoms with Gasteiger partial charge in [-0.3, -0.25) is 9.36 Å². The van der Waals surface area contributed by atoms with E-state index < -0.39 is 0 Å². The van der Waals surface area contributed by atoms with Crippen LogP contribution in [0.25, 0.3) is 11.4 Å². The van der Waals surface area contributed by atoms with Gasteiger partial charge in [0.25, 0.3) is 0 Å². The lowest BCUT2D eigenvalue weighted by atomic mass is 10.2. The summed E-state index contributed by atoms with van der Waals surface area (Å²) in [5.74, 6) is 0.949. The van der Waals surface area contributed by atoms with E-state index >= 15 is 0 Å². The van der Waals surface area contributed by atoms with Crippen LogP contribution < -0.4 is 5.32 Å². The van der Waals surface area contributed by atoms with E-state index in [9.17, 15) is 4.79 Å². The first-order valence-electron chi connectivity index (χ1n) is 8.57. The summed E-state index contributed by atoms with van der Waals surface area (Å²) in [4.78, 5) is 12.2. The summed E-state index contributed by atoms with van der Waals surface area (Å²) >= 11 is 1.48. The van der Waals surface area contributed by atoms with Gasteiger partial charge in [0, 0.05) is 17.6 Å². The van der Waals surface area contributed by atoms with Crippen molar-refractivity contribution in [2.75, 3.05) is 0 Å². The number of aromatic nitrogens is 3. The number of thioether (sulfide) groups is 1. The minimum Gasteiger partial charge on any atom is -0.352 e. The lowest BCUT2D eigenvalue weighted by molar-refractivity contribution is -0.120. The topological polar surface area (TPSA) is 59.8 Å². The molecule has 5 nitrogen and oxygen atoms in total. The zero-order chi connectivity index (χ0) is 17.1. The van der Waals surface area contributed by atoms with Gasteiger partial charge in [0.1, 0.15) is 0 Å². The van der Waals surface area contributed by atoms with E-state index in [1.165, 1.54) is 11.8 Å². The molecule has 2 aromatic rings. The van der Waals surface area contributed by atoms with Gasteiger partial charge in [-0.05, 0) is 33.1 Å². The van der Waals surface area contributed by atoms with Crippen LogP contribution in [0.2, 0.25) is 0 Å². The number of hydrogen-bond donors (Lipinski definition) is 1. The zero-order valence-electron chi connectivity index (χ0n) is 14.4. The maximum atomic E-state index is 12.2. The fourth-order valence-electron chi connectivity index (χ4n) is 2.48. The number of carbonyl (C=O) groups is 1. The highest BCUT2D eigenvalue weighted by Gasteiger charge is 2.28. The maximum Gasteiger partial charge on any atom is 0.233 e. The molecule has 1 aromatic heterocycles. The van der Waals surface area contributed by atoms with Crippen LogP contribution in [0.5, 0.6) is 0 Å². The molecule has 0 unspecified atom stereocenters. The van der Waals surface area contributed by atoms with Crippen molar-refractivity contribution >= 4 is 17.7 Å². The number of benzene rings is 1. The van der Waals surface area contributed by atoms with E-state index in [1.807, 2.05) is 37.3 Å². The van der Waals surface area contributed by atoms with Crippen molar-refractivity contribution in [3.63, 3.8) is 0 Å². The van der Waals surface area contributed by atoms with Gasteiger partial charge in [0.2, 0.25) is 5.91 Å². The van der Waals surface area contributed by atoms with Gasteiger partial charge in [-0.1, -0.05) is 49.0 Å². The van der Waals surface area contributed by atoms with Crippen LogP contribution in [-0.4, -0.2) is 32.0 Å². The average Bonchev–Trinajstić information content (AvgIpc) is 3.32. The normalized spacial score (nSPS) is 16.6. The molecular weight excluding hydrogens is 320 g/mol. The van der Waals surface area contributed by atoms with Gasteiger partial charge in [-0.25, -0.2) is 0 Å². The molecule has 1 aromatic carbocycles. The minimum atomic E-state index is -0.179. The molecule has 0 saturated heterocycles. The van der Waals surface area contributed by atoms with Crippen LogP contribution in [0.4, 0.5) is 0 Å². The first-order chi connectivity index (χ1) is 11.6. The third-order valence-electron chi connectivity index (χ3n) is 4.30. The van der Waals surface area contributed by atoms with Crippen LogP contribution in [0.15, 0.2) is 35.5 Å². The fourth-order valence-corrected chi connectivity index (χ4v) is 3.44. The summed E-state index contributed by atoms with van der Waals surface area (Å²) in [5, 5.41) is 12.5. The van der Waals surface area contributed by atoms with Crippen molar-refractivity contribution in [3.8, 4) is 11.4 Å². The van der Waals surface area contributed by atoms with Crippen molar-refractivity contribution < 1.29 is 4.79 Å². The third kappa shape index (κ3) is 3.80. The Kier molecular flexibility index (Phi) is 5.23. The summed E-state index contributed by atoms with van der Waals surface area (Å²) in [6, 6.07) is 10.7. The number of hydrogen-bond acceptors (Lipinski definition) is 4. The molecule has 1 N–H and O–H groups in total. The Morgan fingerprint density at radius 1 is 1.29 bits per heavy atom. The highest BCUT2D eigenvalue weighted by Crippen LogP contribution is 2.31. The van der Waals surface area contributed by atoms with Gasteiger partial charge in [-0.15, -0.1) is 10.2 Å². The summed E-state index contributed by atoms with van der Waals surface area (Å²) < 4.78 is 2.15. The van der Waals surface area contributed by atoms with Gasteiger partial charge in [-0.2, -0.15) is 0 Å². The van der Waals surface area contributed by atoms with Crippen LogP contribution in [0, 0.1) is 0 Å². The van der Waals surface area contributed by atoms with E-state index in [1.54, 1.807) is 0 Å². The Balaban J connectivity index is 1.84. The standard InChI is InChI=1S/C18H24N4OS/c1-4-12(2)22-16(14-8-6-5-7-9-14)20-21-18(22)24-13(3)17(23)19-15-10-11-15/h5-9,12-13,15H,4,10-11H2,1-3H3,(H,19,23)/t12-,13-/m1/s1. The molecule has 0 aliphatic heterocycles. The molecule has 1 saturated carbocycles. The molecule has 1 amide bonds. The second-order valence-corrected chi connectivity index (χ2v) is 7.65. The molecule has 3 rings (SSSR count). The molecule has 2 atom stereocenters. The molecule has 24 heavy (non-hydrogen) atoms. The van der Waals surface area contributed by atoms with Crippen molar-refractivity contribution in [3.05, 3.63) is 30.3 Å². The maximum absolute atomic E-state index is 12.2.